The minimum absolute atomic E-state index is 0.115. The minimum atomic E-state index is -0.697. The molecule has 1 amide bonds. The number of hydrogen-bond acceptors (Lipinski definition) is 6. The third kappa shape index (κ3) is 4.66. The van der Waals surface area contributed by atoms with Crippen molar-refractivity contribution >= 4 is 22.6 Å². The van der Waals surface area contributed by atoms with Crippen molar-refractivity contribution in [2.24, 2.45) is 5.92 Å². The average Bonchev–Trinajstić information content (AvgIpc) is 3.14. The van der Waals surface area contributed by atoms with Gasteiger partial charge in [0.1, 0.15) is 6.61 Å². The van der Waals surface area contributed by atoms with Gasteiger partial charge in [0.15, 0.2) is 0 Å². The molecule has 2 fully saturated rings. The summed E-state index contributed by atoms with van der Waals surface area (Å²) >= 11 is 0. The number of benzene rings is 2. The molecule has 1 spiro atoms. The molecule has 182 valence electrons. The Morgan fingerprint density at radius 3 is 2.57 bits per heavy atom. The first-order valence-corrected chi connectivity index (χ1v) is 12.1. The number of carbonyl (C=O) groups is 2. The summed E-state index contributed by atoms with van der Waals surface area (Å²) in [5, 5.41) is 3.79. The summed E-state index contributed by atoms with van der Waals surface area (Å²) in [7, 11) is 1.39. The van der Waals surface area contributed by atoms with E-state index in [2.05, 4.69) is 34.1 Å². The number of rotatable bonds is 6. The molecule has 1 atom stereocenters. The monoisotopic (exact) mass is 473 g/mol. The SMILES string of the molecule is COC(=O)C1CC(=O)N(OCc2ccc3ccccc3c2)C12CCN(Cc1cccc(C)n1)CC2. The number of hydrogen-bond donors (Lipinski definition) is 0. The van der Waals surface area contributed by atoms with Crippen molar-refractivity contribution in [1.29, 1.82) is 0 Å². The fraction of sp³-hybridized carbons (Fsp3) is 0.393. The maximum atomic E-state index is 13.1. The molecule has 1 unspecified atom stereocenters. The zero-order valence-corrected chi connectivity index (χ0v) is 20.3. The van der Waals surface area contributed by atoms with E-state index in [-0.39, 0.29) is 24.9 Å². The Kier molecular flexibility index (Phi) is 6.54. The summed E-state index contributed by atoms with van der Waals surface area (Å²) in [4.78, 5) is 38.9. The van der Waals surface area contributed by atoms with Crippen LogP contribution in [-0.2, 0) is 32.3 Å². The molecule has 35 heavy (non-hydrogen) atoms. The third-order valence-electron chi connectivity index (χ3n) is 7.37. The predicted molar refractivity (Wildman–Crippen MR) is 132 cm³/mol. The molecule has 5 rings (SSSR count). The molecule has 7 heteroatoms. The predicted octanol–water partition coefficient (Wildman–Crippen LogP) is 4.03. The zero-order valence-electron chi connectivity index (χ0n) is 20.3. The Morgan fingerprint density at radius 1 is 1.06 bits per heavy atom. The molecule has 1 aromatic heterocycles. The largest absolute Gasteiger partial charge is 0.469 e. The van der Waals surface area contributed by atoms with Crippen LogP contribution in [0.5, 0.6) is 0 Å². The fourth-order valence-electron chi connectivity index (χ4n) is 5.52. The van der Waals surface area contributed by atoms with Crippen LogP contribution in [-0.4, -0.2) is 52.6 Å². The minimum Gasteiger partial charge on any atom is -0.469 e. The molecule has 3 heterocycles. The van der Waals surface area contributed by atoms with Crippen LogP contribution in [0.25, 0.3) is 10.8 Å². The van der Waals surface area contributed by atoms with Gasteiger partial charge in [-0.05, 0) is 54.3 Å². The maximum Gasteiger partial charge on any atom is 0.311 e. The molecule has 3 aromatic rings. The van der Waals surface area contributed by atoms with Crippen molar-refractivity contribution < 1.29 is 19.2 Å². The molecule has 0 radical (unpaired) electrons. The van der Waals surface area contributed by atoms with Crippen molar-refractivity contribution in [1.82, 2.24) is 14.9 Å². The first-order valence-electron chi connectivity index (χ1n) is 12.1. The summed E-state index contributed by atoms with van der Waals surface area (Å²) in [5.41, 5.74) is 2.31. The summed E-state index contributed by atoms with van der Waals surface area (Å²) in [6.45, 7) is 4.48. The molecule has 0 bridgehead atoms. The Balaban J connectivity index is 1.33. The van der Waals surface area contributed by atoms with Crippen LogP contribution in [0.15, 0.2) is 60.7 Å². The first-order chi connectivity index (χ1) is 17.0. The molecule has 2 aliphatic rings. The number of hydroxylamine groups is 2. The van der Waals surface area contributed by atoms with Crippen LogP contribution >= 0.6 is 0 Å². The van der Waals surface area contributed by atoms with Gasteiger partial charge in [-0.15, -0.1) is 0 Å². The van der Waals surface area contributed by atoms with Crippen molar-refractivity contribution in [3.63, 3.8) is 0 Å². The number of methoxy groups -OCH3 is 1. The summed E-state index contributed by atoms with van der Waals surface area (Å²) in [5.74, 6) is -1.03. The second-order valence-electron chi connectivity index (χ2n) is 9.57. The van der Waals surface area contributed by atoms with Gasteiger partial charge >= 0.3 is 5.97 Å². The van der Waals surface area contributed by atoms with E-state index in [0.717, 1.165) is 47.4 Å². The van der Waals surface area contributed by atoms with Gasteiger partial charge in [-0.3, -0.25) is 24.3 Å². The highest BCUT2D eigenvalue weighted by molar-refractivity contribution is 5.88. The quantitative estimate of drug-likeness (QED) is 0.504. The average molecular weight is 474 g/mol. The van der Waals surface area contributed by atoms with Gasteiger partial charge < -0.3 is 4.74 Å². The van der Waals surface area contributed by atoms with E-state index in [1.165, 1.54) is 12.2 Å². The zero-order chi connectivity index (χ0) is 24.4. The van der Waals surface area contributed by atoms with Gasteiger partial charge in [0.2, 0.25) is 5.91 Å². The number of amides is 1. The lowest BCUT2D eigenvalue weighted by Crippen LogP contribution is -2.57. The van der Waals surface area contributed by atoms with Crippen LogP contribution in [0.4, 0.5) is 0 Å². The number of carbonyl (C=O) groups excluding carboxylic acids is 2. The lowest BCUT2D eigenvalue weighted by molar-refractivity contribution is -0.229. The van der Waals surface area contributed by atoms with Crippen LogP contribution in [0.3, 0.4) is 0 Å². The lowest BCUT2D eigenvalue weighted by atomic mass is 9.77. The number of aryl methyl sites for hydroxylation is 1. The van der Waals surface area contributed by atoms with E-state index in [0.29, 0.717) is 12.8 Å². The van der Waals surface area contributed by atoms with Gasteiger partial charge in [-0.1, -0.05) is 42.5 Å². The Labute approximate surface area is 205 Å². The molecule has 0 aliphatic carbocycles. The van der Waals surface area contributed by atoms with Crippen LogP contribution < -0.4 is 0 Å². The molecule has 7 nitrogen and oxygen atoms in total. The second-order valence-corrected chi connectivity index (χ2v) is 9.57. The van der Waals surface area contributed by atoms with E-state index < -0.39 is 11.5 Å². The van der Waals surface area contributed by atoms with E-state index >= 15 is 0 Å². The van der Waals surface area contributed by atoms with E-state index in [4.69, 9.17) is 9.57 Å². The van der Waals surface area contributed by atoms with E-state index in [1.807, 2.05) is 43.3 Å². The lowest BCUT2D eigenvalue weighted by Gasteiger charge is -2.45. The van der Waals surface area contributed by atoms with Gasteiger partial charge in [0, 0.05) is 31.7 Å². The number of fused-ring (bicyclic) bond motifs is 1. The number of aromatic nitrogens is 1. The number of pyridine rings is 1. The normalized spacial score (nSPS) is 20.0. The highest BCUT2D eigenvalue weighted by Gasteiger charge is 2.58. The van der Waals surface area contributed by atoms with Gasteiger partial charge in [0.05, 0.1) is 24.3 Å². The standard InChI is InChI=1S/C28H31N3O4/c1-20-6-5-9-24(29-20)18-30-14-12-28(13-15-30)25(27(33)34-2)17-26(32)31(28)35-19-21-10-11-22-7-3-4-8-23(22)16-21/h3-11,16,25H,12-15,17-19H2,1-2H3. The van der Waals surface area contributed by atoms with E-state index in [1.54, 1.807) is 0 Å². The molecule has 2 aliphatic heterocycles. The molecule has 2 aromatic carbocycles. The van der Waals surface area contributed by atoms with Crippen molar-refractivity contribution in [3.05, 3.63) is 77.6 Å². The van der Waals surface area contributed by atoms with E-state index in [9.17, 15) is 9.59 Å². The smallest absolute Gasteiger partial charge is 0.311 e. The summed E-state index contributed by atoms with van der Waals surface area (Å²) in [6.07, 6.45) is 1.40. The Hall–Kier alpha value is -3.29. The van der Waals surface area contributed by atoms with Crippen molar-refractivity contribution in [2.45, 2.75) is 44.9 Å². The van der Waals surface area contributed by atoms with Crippen LogP contribution in [0, 0.1) is 12.8 Å². The summed E-state index contributed by atoms with van der Waals surface area (Å²) in [6, 6.07) is 20.4. The number of piperidine rings is 1. The molecule has 0 saturated carbocycles. The number of nitrogens with zero attached hydrogens (tertiary/aromatic N) is 3. The second kappa shape index (κ2) is 9.76. The highest BCUT2D eigenvalue weighted by Crippen LogP contribution is 2.45. The highest BCUT2D eigenvalue weighted by atomic mass is 16.7. The number of ether oxygens (including phenoxy) is 1. The molecule has 2 saturated heterocycles. The summed E-state index contributed by atoms with van der Waals surface area (Å²) < 4.78 is 5.11. The Morgan fingerprint density at radius 2 is 1.83 bits per heavy atom. The first kappa shape index (κ1) is 23.5. The number of esters is 1. The van der Waals surface area contributed by atoms with Crippen LogP contribution in [0.1, 0.15) is 36.2 Å². The molecular weight excluding hydrogens is 442 g/mol. The maximum absolute atomic E-state index is 13.1. The Bertz CT molecular complexity index is 1240. The van der Waals surface area contributed by atoms with Crippen molar-refractivity contribution in [3.8, 4) is 0 Å². The number of likely N-dealkylation sites (tertiary alicyclic amines) is 1. The van der Waals surface area contributed by atoms with Gasteiger partial charge in [0.25, 0.3) is 0 Å². The fourth-order valence-corrected chi connectivity index (χ4v) is 5.52. The molecular formula is C28H31N3O4. The topological polar surface area (TPSA) is 72.0 Å². The molecule has 0 N–H and O–H groups in total. The third-order valence-corrected chi connectivity index (χ3v) is 7.37. The van der Waals surface area contributed by atoms with Crippen LogP contribution in [0.2, 0.25) is 0 Å². The van der Waals surface area contributed by atoms with Gasteiger partial charge in [-0.25, -0.2) is 5.06 Å². The van der Waals surface area contributed by atoms with Crippen molar-refractivity contribution in [2.75, 3.05) is 20.2 Å². The van der Waals surface area contributed by atoms with Gasteiger partial charge in [-0.2, -0.15) is 0 Å².